The molecule has 0 aliphatic heterocycles. The van der Waals surface area contributed by atoms with E-state index in [1.165, 1.54) is 11.1 Å². The average Bonchev–Trinajstić information content (AvgIpc) is 2.78. The highest BCUT2D eigenvalue weighted by molar-refractivity contribution is 6.30. The summed E-state index contributed by atoms with van der Waals surface area (Å²) in [6.07, 6.45) is 2.10. The second-order valence-corrected chi connectivity index (χ2v) is 7.02. The van der Waals surface area contributed by atoms with Crippen LogP contribution < -0.4 is 5.32 Å². The van der Waals surface area contributed by atoms with Crippen molar-refractivity contribution in [2.75, 3.05) is 0 Å². The number of rotatable bonds is 4. The monoisotopic (exact) mass is 305 g/mol. The molecule has 1 atom stereocenters. The molecule has 1 N–H and O–H groups in total. The first-order valence-corrected chi connectivity index (χ1v) is 7.67. The lowest BCUT2D eigenvalue weighted by Crippen LogP contribution is -2.21. The van der Waals surface area contributed by atoms with Gasteiger partial charge < -0.3 is 5.32 Å². The summed E-state index contributed by atoms with van der Waals surface area (Å²) in [4.78, 5) is 0. The molecule has 1 aromatic heterocycles. The minimum atomic E-state index is 0.0573. The number of aromatic nitrogens is 2. The van der Waals surface area contributed by atoms with Gasteiger partial charge in [-0.25, -0.2) is 0 Å². The smallest absolute Gasteiger partial charge is 0.0722 e. The number of hydrogen-bond acceptors (Lipinski definition) is 2. The first kappa shape index (κ1) is 16.1. The van der Waals surface area contributed by atoms with Crippen LogP contribution in [0.2, 0.25) is 5.02 Å². The number of nitrogens with zero attached hydrogens (tertiary/aromatic N) is 2. The number of benzene rings is 1. The van der Waals surface area contributed by atoms with Crippen molar-refractivity contribution < 1.29 is 0 Å². The summed E-state index contributed by atoms with van der Waals surface area (Å²) in [7, 11) is 1.97. The molecule has 0 unspecified atom stereocenters. The molecule has 0 spiro atoms. The van der Waals surface area contributed by atoms with E-state index in [1.807, 2.05) is 23.9 Å². The van der Waals surface area contributed by atoms with Crippen LogP contribution in [0.4, 0.5) is 0 Å². The number of hydrogen-bond donors (Lipinski definition) is 1. The van der Waals surface area contributed by atoms with Gasteiger partial charge in [0.1, 0.15) is 0 Å². The molecule has 21 heavy (non-hydrogen) atoms. The van der Waals surface area contributed by atoms with Gasteiger partial charge in [0, 0.05) is 41.8 Å². The molecule has 0 aliphatic carbocycles. The topological polar surface area (TPSA) is 29.9 Å². The van der Waals surface area contributed by atoms with Crippen LogP contribution in [0, 0.1) is 0 Å². The van der Waals surface area contributed by atoms with Crippen LogP contribution in [0.3, 0.4) is 0 Å². The predicted octanol–water partition coefficient (Wildman–Crippen LogP) is 4.22. The van der Waals surface area contributed by atoms with Crippen LogP contribution in [0.25, 0.3) is 0 Å². The Morgan fingerprint density at radius 1 is 1.24 bits per heavy atom. The van der Waals surface area contributed by atoms with Gasteiger partial charge >= 0.3 is 0 Å². The molecule has 0 aliphatic rings. The van der Waals surface area contributed by atoms with Crippen molar-refractivity contribution in [3.8, 4) is 0 Å². The van der Waals surface area contributed by atoms with Crippen LogP contribution >= 0.6 is 11.6 Å². The molecular formula is C17H24ClN3. The quantitative estimate of drug-likeness (QED) is 0.916. The van der Waals surface area contributed by atoms with Gasteiger partial charge in [0.25, 0.3) is 0 Å². The third-order valence-electron chi connectivity index (χ3n) is 3.58. The molecule has 2 aromatic rings. The average molecular weight is 306 g/mol. The molecule has 0 bridgehead atoms. The minimum Gasteiger partial charge on any atom is -0.306 e. The Hall–Kier alpha value is -1.32. The SMILES string of the molecule is C[C@@H](NCc1cn(C)nc1C(C)(C)C)c1ccc(Cl)cc1. The van der Waals surface area contributed by atoms with Crippen molar-refractivity contribution in [1.82, 2.24) is 15.1 Å². The molecule has 114 valence electrons. The van der Waals surface area contributed by atoms with E-state index in [0.29, 0.717) is 0 Å². The largest absolute Gasteiger partial charge is 0.306 e. The Labute approximate surface area is 132 Å². The highest BCUT2D eigenvalue weighted by Gasteiger charge is 2.21. The summed E-state index contributed by atoms with van der Waals surface area (Å²) in [5.74, 6) is 0. The first-order valence-electron chi connectivity index (χ1n) is 7.29. The van der Waals surface area contributed by atoms with Gasteiger partial charge in [0.05, 0.1) is 5.69 Å². The van der Waals surface area contributed by atoms with E-state index in [1.54, 1.807) is 0 Å². The number of aryl methyl sites for hydroxylation is 1. The van der Waals surface area contributed by atoms with Crippen LogP contribution in [0.15, 0.2) is 30.5 Å². The molecule has 3 nitrogen and oxygen atoms in total. The lowest BCUT2D eigenvalue weighted by molar-refractivity contribution is 0.531. The summed E-state index contributed by atoms with van der Waals surface area (Å²) >= 11 is 5.93. The predicted molar refractivity (Wildman–Crippen MR) is 88.6 cm³/mol. The fourth-order valence-corrected chi connectivity index (χ4v) is 2.56. The van der Waals surface area contributed by atoms with Gasteiger partial charge in [-0.15, -0.1) is 0 Å². The van der Waals surface area contributed by atoms with Crippen molar-refractivity contribution >= 4 is 11.6 Å². The van der Waals surface area contributed by atoms with E-state index in [-0.39, 0.29) is 11.5 Å². The lowest BCUT2D eigenvalue weighted by Gasteiger charge is -2.19. The maximum absolute atomic E-state index is 5.93. The number of nitrogens with one attached hydrogen (secondary N) is 1. The Bertz CT molecular complexity index is 593. The zero-order chi connectivity index (χ0) is 15.6. The van der Waals surface area contributed by atoms with E-state index in [9.17, 15) is 0 Å². The molecule has 1 aromatic carbocycles. The van der Waals surface area contributed by atoms with E-state index in [0.717, 1.165) is 17.3 Å². The summed E-state index contributed by atoms with van der Waals surface area (Å²) in [5.41, 5.74) is 3.70. The highest BCUT2D eigenvalue weighted by Crippen LogP contribution is 2.25. The summed E-state index contributed by atoms with van der Waals surface area (Å²) in [6, 6.07) is 8.26. The zero-order valence-electron chi connectivity index (χ0n) is 13.4. The summed E-state index contributed by atoms with van der Waals surface area (Å²) in [6.45, 7) is 9.56. The Morgan fingerprint density at radius 3 is 2.43 bits per heavy atom. The van der Waals surface area contributed by atoms with Crippen LogP contribution in [0.5, 0.6) is 0 Å². The lowest BCUT2D eigenvalue weighted by atomic mass is 9.89. The van der Waals surface area contributed by atoms with Crippen molar-refractivity contribution in [3.05, 3.63) is 52.3 Å². The molecule has 0 amide bonds. The highest BCUT2D eigenvalue weighted by atomic mass is 35.5. The minimum absolute atomic E-state index is 0.0573. The third kappa shape index (κ3) is 4.08. The second-order valence-electron chi connectivity index (χ2n) is 6.58. The van der Waals surface area contributed by atoms with Crippen LogP contribution in [-0.4, -0.2) is 9.78 Å². The molecule has 0 saturated carbocycles. The van der Waals surface area contributed by atoms with Gasteiger partial charge in [0.2, 0.25) is 0 Å². The maximum Gasteiger partial charge on any atom is 0.0722 e. The Balaban J connectivity index is 2.08. The normalized spacial score (nSPS) is 13.4. The number of halogens is 1. The van der Waals surface area contributed by atoms with Gasteiger partial charge in [0.15, 0.2) is 0 Å². The molecule has 0 fully saturated rings. The molecular weight excluding hydrogens is 282 g/mol. The standard InChI is InChI=1S/C17H24ClN3/c1-12(13-6-8-15(18)9-7-13)19-10-14-11-21(5)20-16(14)17(2,3)4/h6-9,11-12,19H,10H2,1-5H3/t12-/m1/s1. The molecule has 0 saturated heterocycles. The molecule has 4 heteroatoms. The molecule has 1 heterocycles. The van der Waals surface area contributed by atoms with E-state index in [2.05, 4.69) is 56.4 Å². The van der Waals surface area contributed by atoms with Crippen molar-refractivity contribution in [3.63, 3.8) is 0 Å². The Morgan fingerprint density at radius 2 is 1.86 bits per heavy atom. The first-order chi connectivity index (χ1) is 9.77. The fourth-order valence-electron chi connectivity index (χ4n) is 2.43. The van der Waals surface area contributed by atoms with Gasteiger partial charge in [-0.2, -0.15) is 5.10 Å². The van der Waals surface area contributed by atoms with E-state index in [4.69, 9.17) is 11.6 Å². The van der Waals surface area contributed by atoms with Crippen LogP contribution in [0.1, 0.15) is 50.6 Å². The fraction of sp³-hybridized carbons (Fsp3) is 0.471. The van der Waals surface area contributed by atoms with Gasteiger partial charge in [-0.3, -0.25) is 4.68 Å². The van der Waals surface area contributed by atoms with Crippen molar-refractivity contribution in [2.45, 2.75) is 45.7 Å². The molecule has 0 radical (unpaired) electrons. The summed E-state index contributed by atoms with van der Waals surface area (Å²) in [5, 5.41) is 8.94. The Kier molecular flexibility index (Phi) is 4.74. The maximum atomic E-state index is 5.93. The van der Waals surface area contributed by atoms with Crippen molar-refractivity contribution in [2.24, 2.45) is 7.05 Å². The third-order valence-corrected chi connectivity index (χ3v) is 3.84. The van der Waals surface area contributed by atoms with Crippen LogP contribution in [-0.2, 0) is 19.0 Å². The van der Waals surface area contributed by atoms with Gasteiger partial charge in [-0.1, -0.05) is 44.5 Å². The van der Waals surface area contributed by atoms with Gasteiger partial charge in [-0.05, 0) is 24.6 Å². The second kappa shape index (κ2) is 6.20. The zero-order valence-corrected chi connectivity index (χ0v) is 14.2. The van der Waals surface area contributed by atoms with E-state index < -0.39 is 0 Å². The summed E-state index contributed by atoms with van der Waals surface area (Å²) < 4.78 is 1.89. The van der Waals surface area contributed by atoms with E-state index >= 15 is 0 Å². The molecule has 2 rings (SSSR count). The van der Waals surface area contributed by atoms with Crippen molar-refractivity contribution in [1.29, 1.82) is 0 Å².